The highest BCUT2D eigenvalue weighted by atomic mass is 35.5. The van der Waals surface area contributed by atoms with Gasteiger partial charge in [-0.05, 0) is 42.7 Å². The van der Waals surface area contributed by atoms with Crippen LogP contribution < -0.4 is 16.4 Å². The number of benzene rings is 2. The van der Waals surface area contributed by atoms with Crippen molar-refractivity contribution in [2.24, 2.45) is 5.73 Å². The van der Waals surface area contributed by atoms with Gasteiger partial charge >= 0.3 is 0 Å². The molecule has 1 saturated carbocycles. The van der Waals surface area contributed by atoms with E-state index < -0.39 is 0 Å². The standard InChI is InChI=1S/C22H27N3O2.ClH/c23-20(16-7-3-1-4-8-16)15-21(26)24-19-13-11-17(12-14-19)22(27)25-18-9-5-2-6-10-18;/h1,3-4,7-8,11-14,18,20H,2,5-6,9-10,15,23H2,(H,24,26)(H,25,27);1H. The Kier molecular flexibility index (Phi) is 8.48. The number of halogens is 1. The number of rotatable bonds is 6. The largest absolute Gasteiger partial charge is 0.349 e. The van der Waals surface area contributed by atoms with E-state index in [1.54, 1.807) is 24.3 Å². The lowest BCUT2D eigenvalue weighted by molar-refractivity contribution is -0.116. The second-order valence-corrected chi connectivity index (χ2v) is 7.16. The van der Waals surface area contributed by atoms with Crippen LogP contribution in [0.2, 0.25) is 0 Å². The van der Waals surface area contributed by atoms with E-state index in [2.05, 4.69) is 10.6 Å². The fourth-order valence-corrected chi connectivity index (χ4v) is 3.45. The number of anilines is 1. The molecule has 0 aliphatic heterocycles. The zero-order valence-electron chi connectivity index (χ0n) is 15.9. The average Bonchev–Trinajstić information content (AvgIpc) is 2.70. The number of hydrogen-bond donors (Lipinski definition) is 3. The molecule has 0 heterocycles. The van der Waals surface area contributed by atoms with E-state index in [9.17, 15) is 9.59 Å². The van der Waals surface area contributed by atoms with Gasteiger partial charge in [0.1, 0.15) is 0 Å². The highest BCUT2D eigenvalue weighted by Gasteiger charge is 2.17. The smallest absolute Gasteiger partial charge is 0.251 e. The molecule has 1 atom stereocenters. The molecule has 0 radical (unpaired) electrons. The highest BCUT2D eigenvalue weighted by molar-refractivity contribution is 5.96. The molecule has 2 aromatic rings. The number of hydrogen-bond acceptors (Lipinski definition) is 3. The fraction of sp³-hybridized carbons (Fsp3) is 0.364. The third kappa shape index (κ3) is 6.36. The van der Waals surface area contributed by atoms with Crippen molar-refractivity contribution in [2.45, 2.75) is 50.6 Å². The number of amides is 2. The third-order valence-electron chi connectivity index (χ3n) is 5.00. The van der Waals surface area contributed by atoms with Crippen LogP contribution in [0.4, 0.5) is 5.69 Å². The van der Waals surface area contributed by atoms with Crippen molar-refractivity contribution < 1.29 is 9.59 Å². The molecule has 3 rings (SSSR count). The van der Waals surface area contributed by atoms with Crippen molar-refractivity contribution >= 4 is 29.9 Å². The van der Waals surface area contributed by atoms with Crippen LogP contribution in [0.3, 0.4) is 0 Å². The van der Waals surface area contributed by atoms with Crippen molar-refractivity contribution in [2.75, 3.05) is 5.32 Å². The van der Waals surface area contributed by atoms with Crippen LogP contribution in [0.25, 0.3) is 0 Å². The minimum Gasteiger partial charge on any atom is -0.349 e. The molecule has 6 heteroatoms. The second-order valence-electron chi connectivity index (χ2n) is 7.16. The Bertz CT molecular complexity index is 759. The molecule has 0 aromatic heterocycles. The Labute approximate surface area is 172 Å². The molecule has 0 saturated heterocycles. The predicted molar refractivity (Wildman–Crippen MR) is 115 cm³/mol. The Hall–Kier alpha value is -2.37. The Morgan fingerprint density at radius 1 is 0.964 bits per heavy atom. The van der Waals surface area contributed by atoms with Crippen LogP contribution in [0.5, 0.6) is 0 Å². The van der Waals surface area contributed by atoms with Crippen LogP contribution in [-0.2, 0) is 4.79 Å². The van der Waals surface area contributed by atoms with Gasteiger partial charge in [0.15, 0.2) is 0 Å². The summed E-state index contributed by atoms with van der Waals surface area (Å²) in [6, 6.07) is 16.5. The minimum absolute atomic E-state index is 0. The summed E-state index contributed by atoms with van der Waals surface area (Å²) in [4.78, 5) is 24.5. The molecule has 1 aliphatic rings. The quantitative estimate of drug-likeness (QED) is 0.678. The molecule has 2 aromatic carbocycles. The van der Waals surface area contributed by atoms with E-state index in [1.165, 1.54) is 19.3 Å². The van der Waals surface area contributed by atoms with E-state index in [0.717, 1.165) is 18.4 Å². The Balaban J connectivity index is 0.00000280. The van der Waals surface area contributed by atoms with Crippen molar-refractivity contribution in [3.05, 3.63) is 65.7 Å². The van der Waals surface area contributed by atoms with Crippen molar-refractivity contribution in [3.63, 3.8) is 0 Å². The Morgan fingerprint density at radius 2 is 1.61 bits per heavy atom. The van der Waals surface area contributed by atoms with Gasteiger partial charge in [0, 0.05) is 29.8 Å². The summed E-state index contributed by atoms with van der Waals surface area (Å²) in [7, 11) is 0. The maximum atomic E-state index is 12.3. The first-order valence-corrected chi connectivity index (χ1v) is 9.63. The molecule has 2 amide bonds. The molecule has 5 nitrogen and oxygen atoms in total. The fourth-order valence-electron chi connectivity index (χ4n) is 3.45. The molecular weight excluding hydrogens is 374 g/mol. The number of carbonyl (C=O) groups excluding carboxylic acids is 2. The Morgan fingerprint density at radius 3 is 2.25 bits per heavy atom. The third-order valence-corrected chi connectivity index (χ3v) is 5.00. The molecule has 1 aliphatic carbocycles. The van der Waals surface area contributed by atoms with Crippen molar-refractivity contribution in [1.82, 2.24) is 5.32 Å². The van der Waals surface area contributed by atoms with Crippen molar-refractivity contribution in [1.29, 1.82) is 0 Å². The van der Waals surface area contributed by atoms with E-state index in [0.29, 0.717) is 11.3 Å². The van der Waals surface area contributed by atoms with Gasteiger partial charge in [0.2, 0.25) is 5.91 Å². The topological polar surface area (TPSA) is 84.2 Å². The molecule has 0 bridgehead atoms. The first-order chi connectivity index (χ1) is 13.1. The van der Waals surface area contributed by atoms with Crippen molar-refractivity contribution in [3.8, 4) is 0 Å². The lowest BCUT2D eigenvalue weighted by Crippen LogP contribution is -2.36. The van der Waals surface area contributed by atoms with E-state index >= 15 is 0 Å². The summed E-state index contributed by atoms with van der Waals surface area (Å²) >= 11 is 0. The highest BCUT2D eigenvalue weighted by Crippen LogP contribution is 2.19. The van der Waals surface area contributed by atoms with Gasteiger partial charge in [-0.2, -0.15) is 0 Å². The van der Waals surface area contributed by atoms with Gasteiger partial charge in [-0.1, -0.05) is 49.6 Å². The number of nitrogens with one attached hydrogen (secondary N) is 2. The van der Waals surface area contributed by atoms with Gasteiger partial charge in [-0.15, -0.1) is 12.4 Å². The molecule has 4 N–H and O–H groups in total. The number of carbonyl (C=O) groups is 2. The average molecular weight is 402 g/mol. The van der Waals surface area contributed by atoms with E-state index in [-0.39, 0.29) is 42.7 Å². The zero-order chi connectivity index (χ0) is 19.1. The maximum Gasteiger partial charge on any atom is 0.251 e. The summed E-state index contributed by atoms with van der Waals surface area (Å²) in [6.45, 7) is 0. The summed E-state index contributed by atoms with van der Waals surface area (Å²) < 4.78 is 0. The normalized spacial score (nSPS) is 15.2. The van der Waals surface area contributed by atoms with Crippen LogP contribution in [0.1, 0.15) is 60.5 Å². The molecule has 0 spiro atoms. The summed E-state index contributed by atoms with van der Waals surface area (Å²) in [5.41, 5.74) is 8.29. The zero-order valence-corrected chi connectivity index (χ0v) is 16.7. The molecule has 150 valence electrons. The lowest BCUT2D eigenvalue weighted by Gasteiger charge is -2.22. The van der Waals surface area contributed by atoms with Crippen LogP contribution in [-0.4, -0.2) is 17.9 Å². The van der Waals surface area contributed by atoms with Gasteiger partial charge in [0.25, 0.3) is 5.91 Å². The van der Waals surface area contributed by atoms with Gasteiger partial charge in [0.05, 0.1) is 0 Å². The van der Waals surface area contributed by atoms with Gasteiger partial charge < -0.3 is 16.4 Å². The van der Waals surface area contributed by atoms with Gasteiger partial charge in [-0.3, -0.25) is 9.59 Å². The lowest BCUT2D eigenvalue weighted by atomic mass is 9.95. The first-order valence-electron chi connectivity index (χ1n) is 9.63. The number of nitrogens with two attached hydrogens (primary N) is 1. The van der Waals surface area contributed by atoms with Crippen LogP contribution in [0.15, 0.2) is 54.6 Å². The summed E-state index contributed by atoms with van der Waals surface area (Å²) in [5.74, 6) is -0.198. The van der Waals surface area contributed by atoms with Crippen LogP contribution in [0, 0.1) is 0 Å². The van der Waals surface area contributed by atoms with E-state index in [1.807, 2.05) is 30.3 Å². The molecular formula is C22H28ClN3O2. The summed E-state index contributed by atoms with van der Waals surface area (Å²) in [6.07, 6.45) is 5.94. The summed E-state index contributed by atoms with van der Waals surface area (Å²) in [5, 5.41) is 5.94. The SMILES string of the molecule is Cl.NC(CC(=O)Nc1ccc(C(=O)NC2CCCCC2)cc1)c1ccccc1. The molecule has 28 heavy (non-hydrogen) atoms. The molecule has 1 fully saturated rings. The van der Waals surface area contributed by atoms with Crippen LogP contribution >= 0.6 is 12.4 Å². The second kappa shape index (κ2) is 10.8. The molecule has 1 unspecified atom stereocenters. The monoisotopic (exact) mass is 401 g/mol. The predicted octanol–water partition coefficient (Wildman–Crippen LogP) is 4.20. The first kappa shape index (κ1) is 21.9. The minimum atomic E-state index is -0.341. The van der Waals surface area contributed by atoms with E-state index in [4.69, 9.17) is 5.73 Å². The van der Waals surface area contributed by atoms with Gasteiger partial charge in [-0.25, -0.2) is 0 Å². The maximum absolute atomic E-state index is 12.3.